The van der Waals surface area contributed by atoms with Crippen molar-refractivity contribution in [1.29, 1.82) is 0 Å². The minimum atomic E-state index is -0.744. The fourth-order valence-electron chi connectivity index (χ4n) is 2.34. The van der Waals surface area contributed by atoms with Crippen molar-refractivity contribution in [2.45, 2.75) is 52.8 Å². The van der Waals surface area contributed by atoms with Crippen molar-refractivity contribution in [2.24, 2.45) is 0 Å². The third-order valence-corrected chi connectivity index (χ3v) is 3.65. The van der Waals surface area contributed by atoms with Crippen LogP contribution in [0.3, 0.4) is 0 Å². The molecule has 0 aromatic carbocycles. The Morgan fingerprint density at radius 2 is 1.90 bits per heavy atom. The van der Waals surface area contributed by atoms with Crippen molar-refractivity contribution in [3.05, 3.63) is 32.6 Å². The van der Waals surface area contributed by atoms with Gasteiger partial charge in [0.05, 0.1) is 7.11 Å². The zero-order valence-electron chi connectivity index (χ0n) is 17.5. The Kier molecular flexibility index (Phi) is 8.16. The van der Waals surface area contributed by atoms with Crippen LogP contribution in [0.5, 0.6) is 0 Å². The number of H-pyrrole nitrogens is 1. The molecule has 1 aromatic rings. The maximum Gasteiger partial charge on any atom is 0.407 e. The van der Waals surface area contributed by atoms with Crippen molar-refractivity contribution in [1.82, 2.24) is 19.8 Å². The van der Waals surface area contributed by atoms with E-state index in [2.05, 4.69) is 15.0 Å². The number of carbonyl (C=O) groups is 3. The summed E-state index contributed by atoms with van der Waals surface area (Å²) in [4.78, 5) is 62.9. The molecule has 162 valence electrons. The fourth-order valence-corrected chi connectivity index (χ4v) is 2.34. The number of carbonyl (C=O) groups excluding carboxylic acids is 3. The smallest absolute Gasteiger partial charge is 0.407 e. The summed E-state index contributed by atoms with van der Waals surface area (Å²) < 4.78 is 10.8. The van der Waals surface area contributed by atoms with Crippen LogP contribution in [-0.4, -0.2) is 64.3 Å². The molecule has 0 unspecified atom stereocenters. The zero-order valence-corrected chi connectivity index (χ0v) is 17.5. The number of aryl methyl sites for hydroxylation is 1. The summed E-state index contributed by atoms with van der Waals surface area (Å²) in [6.07, 6.45) is 0.598. The van der Waals surface area contributed by atoms with E-state index in [0.29, 0.717) is 0 Å². The van der Waals surface area contributed by atoms with Crippen LogP contribution in [0.15, 0.2) is 15.8 Å². The molecule has 0 aliphatic carbocycles. The van der Waals surface area contributed by atoms with Gasteiger partial charge in [-0.15, -0.1) is 0 Å². The second-order valence-electron chi connectivity index (χ2n) is 7.60. The van der Waals surface area contributed by atoms with E-state index in [4.69, 9.17) is 4.74 Å². The maximum atomic E-state index is 12.7. The average molecular weight is 412 g/mol. The van der Waals surface area contributed by atoms with E-state index >= 15 is 0 Å². The minimum Gasteiger partial charge on any atom is -0.468 e. The minimum absolute atomic E-state index is 0.0235. The summed E-state index contributed by atoms with van der Waals surface area (Å²) in [6.45, 7) is 7.50. The molecule has 0 saturated carbocycles. The molecule has 29 heavy (non-hydrogen) atoms. The van der Waals surface area contributed by atoms with E-state index in [1.807, 2.05) is 0 Å². The fraction of sp³-hybridized carbons (Fsp3) is 0.611. The number of hydrogen-bond donors (Lipinski definition) is 2. The van der Waals surface area contributed by atoms with E-state index in [1.165, 1.54) is 20.2 Å². The van der Waals surface area contributed by atoms with Gasteiger partial charge in [0.25, 0.3) is 5.56 Å². The Morgan fingerprint density at radius 1 is 1.28 bits per heavy atom. The van der Waals surface area contributed by atoms with Crippen molar-refractivity contribution in [3.8, 4) is 0 Å². The van der Waals surface area contributed by atoms with Crippen LogP contribution >= 0.6 is 0 Å². The molecular formula is C18H28N4O7. The Bertz CT molecular complexity index is 866. The number of aromatic nitrogens is 2. The van der Waals surface area contributed by atoms with E-state index in [9.17, 15) is 24.0 Å². The standard InChI is InChI=1S/C18H28N4O7/c1-11-7-22(16(26)20-15(11)25)9-13(23)21(10-14(24)28-6)8-12(2)19-17(27)29-18(3,4)5/h7,12H,8-10H2,1-6H3,(H,19,27)(H,20,25,26)/t12-/m0/s1. The van der Waals surface area contributed by atoms with Crippen LogP contribution in [0.1, 0.15) is 33.3 Å². The third kappa shape index (κ3) is 8.20. The number of rotatable bonds is 7. The predicted octanol–water partition coefficient (Wildman–Crippen LogP) is -0.240. The number of alkyl carbamates (subject to hydrolysis) is 1. The largest absolute Gasteiger partial charge is 0.468 e. The molecule has 2 amide bonds. The van der Waals surface area contributed by atoms with Gasteiger partial charge in [-0.05, 0) is 34.6 Å². The number of aromatic amines is 1. The lowest BCUT2D eigenvalue weighted by Crippen LogP contribution is -2.48. The lowest BCUT2D eigenvalue weighted by molar-refractivity contribution is -0.147. The number of hydrogen-bond acceptors (Lipinski definition) is 7. The van der Waals surface area contributed by atoms with Gasteiger partial charge >= 0.3 is 17.8 Å². The number of amides is 2. The SMILES string of the molecule is COC(=O)CN(C[C@H](C)NC(=O)OC(C)(C)C)C(=O)Cn1cc(C)c(=O)[nH]c1=O. The van der Waals surface area contributed by atoms with Crippen molar-refractivity contribution in [3.63, 3.8) is 0 Å². The first-order chi connectivity index (χ1) is 13.3. The summed E-state index contributed by atoms with van der Waals surface area (Å²) in [5.41, 5.74) is -1.71. The quantitative estimate of drug-likeness (QED) is 0.589. The lowest BCUT2D eigenvalue weighted by Gasteiger charge is -2.27. The molecule has 1 atom stereocenters. The zero-order chi connectivity index (χ0) is 22.4. The number of methoxy groups -OCH3 is 1. The van der Waals surface area contributed by atoms with Gasteiger partial charge < -0.3 is 19.7 Å². The van der Waals surface area contributed by atoms with Crippen LogP contribution < -0.4 is 16.6 Å². The lowest BCUT2D eigenvalue weighted by atomic mass is 10.2. The van der Waals surface area contributed by atoms with Gasteiger partial charge in [-0.25, -0.2) is 9.59 Å². The van der Waals surface area contributed by atoms with Gasteiger partial charge in [-0.3, -0.25) is 23.9 Å². The van der Waals surface area contributed by atoms with Crippen LogP contribution in [0.25, 0.3) is 0 Å². The molecule has 11 heteroatoms. The molecule has 0 saturated heterocycles. The Hall–Kier alpha value is -3.11. The summed E-state index contributed by atoms with van der Waals surface area (Å²) in [7, 11) is 1.18. The molecule has 0 bridgehead atoms. The van der Waals surface area contributed by atoms with E-state index in [0.717, 1.165) is 9.47 Å². The van der Waals surface area contributed by atoms with Gasteiger partial charge in [0, 0.05) is 24.3 Å². The Balaban J connectivity index is 2.91. The van der Waals surface area contributed by atoms with Crippen LogP contribution in [-0.2, 0) is 25.6 Å². The van der Waals surface area contributed by atoms with Crippen LogP contribution in [0.2, 0.25) is 0 Å². The second-order valence-corrected chi connectivity index (χ2v) is 7.60. The Labute approximate surface area is 168 Å². The van der Waals surface area contributed by atoms with Crippen LogP contribution in [0.4, 0.5) is 4.79 Å². The second kappa shape index (κ2) is 9.89. The first-order valence-electron chi connectivity index (χ1n) is 8.97. The Morgan fingerprint density at radius 3 is 2.45 bits per heavy atom. The van der Waals surface area contributed by atoms with Gasteiger partial charge in [-0.2, -0.15) is 0 Å². The van der Waals surface area contributed by atoms with E-state index in [-0.39, 0.29) is 18.7 Å². The molecule has 0 aliphatic rings. The maximum absolute atomic E-state index is 12.7. The summed E-state index contributed by atoms with van der Waals surface area (Å²) in [6, 6.07) is -0.549. The highest BCUT2D eigenvalue weighted by Gasteiger charge is 2.23. The molecular weight excluding hydrogens is 384 g/mol. The highest BCUT2D eigenvalue weighted by Crippen LogP contribution is 2.07. The summed E-state index contributed by atoms with van der Waals surface area (Å²) in [5.74, 6) is -1.23. The average Bonchev–Trinajstić information content (AvgIpc) is 2.56. The van der Waals surface area contributed by atoms with Gasteiger partial charge in [0.2, 0.25) is 5.91 Å². The highest BCUT2D eigenvalue weighted by molar-refractivity contribution is 5.82. The molecule has 0 spiro atoms. The summed E-state index contributed by atoms with van der Waals surface area (Å²) >= 11 is 0. The summed E-state index contributed by atoms with van der Waals surface area (Å²) in [5, 5.41) is 2.58. The molecule has 11 nitrogen and oxygen atoms in total. The van der Waals surface area contributed by atoms with Gasteiger partial charge in [0.15, 0.2) is 0 Å². The van der Waals surface area contributed by atoms with Gasteiger partial charge in [-0.1, -0.05) is 0 Å². The number of esters is 1. The number of nitrogens with one attached hydrogen (secondary N) is 2. The molecule has 1 heterocycles. The van der Waals surface area contributed by atoms with Crippen molar-refractivity contribution >= 4 is 18.0 Å². The number of nitrogens with zero attached hydrogens (tertiary/aromatic N) is 2. The van der Waals surface area contributed by atoms with E-state index in [1.54, 1.807) is 27.7 Å². The van der Waals surface area contributed by atoms with Crippen molar-refractivity contribution < 1.29 is 23.9 Å². The molecule has 1 aromatic heterocycles. The molecule has 1 rings (SSSR count). The third-order valence-electron chi connectivity index (χ3n) is 3.65. The normalized spacial score (nSPS) is 12.1. The monoisotopic (exact) mass is 412 g/mol. The highest BCUT2D eigenvalue weighted by atomic mass is 16.6. The first-order valence-corrected chi connectivity index (χ1v) is 8.97. The topological polar surface area (TPSA) is 140 Å². The number of ether oxygens (including phenoxy) is 2. The van der Waals surface area contributed by atoms with Crippen LogP contribution in [0, 0.1) is 6.92 Å². The molecule has 0 fully saturated rings. The van der Waals surface area contributed by atoms with Crippen molar-refractivity contribution in [2.75, 3.05) is 20.2 Å². The first kappa shape index (κ1) is 23.9. The molecule has 0 radical (unpaired) electrons. The van der Waals surface area contributed by atoms with Gasteiger partial charge in [0.1, 0.15) is 18.7 Å². The predicted molar refractivity (Wildman–Crippen MR) is 103 cm³/mol. The van der Waals surface area contributed by atoms with E-state index < -0.39 is 47.4 Å². The molecule has 0 aliphatic heterocycles. The molecule has 2 N–H and O–H groups in total.